The normalized spacial score (nSPS) is 22.7. The van der Waals surface area contributed by atoms with Gasteiger partial charge in [-0.05, 0) is 37.5 Å². The van der Waals surface area contributed by atoms with Crippen LogP contribution in [0.1, 0.15) is 29.3 Å². The topological polar surface area (TPSA) is 62.8 Å². The highest BCUT2D eigenvalue weighted by molar-refractivity contribution is 7.91. The van der Waals surface area contributed by atoms with Crippen molar-refractivity contribution < 1.29 is 8.42 Å². The first-order valence-corrected chi connectivity index (χ1v) is 7.94. The Kier molecular flexibility index (Phi) is 2.48. The van der Waals surface area contributed by atoms with Gasteiger partial charge in [0.25, 0.3) is 0 Å². The summed E-state index contributed by atoms with van der Waals surface area (Å²) in [5.74, 6) is 1.36. The minimum Gasteiger partial charge on any atom is -0.342 e. The zero-order valence-corrected chi connectivity index (χ0v) is 11.3. The fourth-order valence-electron chi connectivity index (χ4n) is 2.69. The summed E-state index contributed by atoms with van der Waals surface area (Å²) < 4.78 is 23.0. The summed E-state index contributed by atoms with van der Waals surface area (Å²) in [6.07, 6.45) is 0.681. The number of benzene rings is 1. The van der Waals surface area contributed by atoms with Gasteiger partial charge in [0, 0.05) is 5.92 Å². The maximum Gasteiger partial charge on any atom is 0.151 e. The largest absolute Gasteiger partial charge is 0.342 e. The summed E-state index contributed by atoms with van der Waals surface area (Å²) in [6, 6.07) is 4.15. The number of nitrogens with one attached hydrogen (secondary N) is 1. The zero-order valence-electron chi connectivity index (χ0n) is 10.5. The Morgan fingerprint density at radius 1 is 1.33 bits per heavy atom. The molecule has 1 N–H and O–H groups in total. The molecule has 1 aromatic heterocycles. The fourth-order valence-corrected chi connectivity index (χ4v) is 4.44. The summed E-state index contributed by atoms with van der Waals surface area (Å²) in [5.41, 5.74) is 4.29. The number of hydrogen-bond donors (Lipinski definition) is 1. The molecule has 1 fully saturated rings. The highest BCUT2D eigenvalue weighted by Crippen LogP contribution is 2.29. The molecule has 5 heteroatoms. The van der Waals surface area contributed by atoms with Gasteiger partial charge in [0.1, 0.15) is 5.82 Å². The third kappa shape index (κ3) is 1.92. The second-order valence-electron chi connectivity index (χ2n) is 5.20. The van der Waals surface area contributed by atoms with Crippen LogP contribution in [0.25, 0.3) is 11.0 Å². The molecule has 1 aliphatic rings. The van der Waals surface area contributed by atoms with Crippen molar-refractivity contribution in [3.63, 3.8) is 0 Å². The Labute approximate surface area is 106 Å². The van der Waals surface area contributed by atoms with E-state index in [1.165, 1.54) is 5.56 Å². The van der Waals surface area contributed by atoms with Crippen LogP contribution in [0.3, 0.4) is 0 Å². The van der Waals surface area contributed by atoms with Gasteiger partial charge in [-0.15, -0.1) is 0 Å². The van der Waals surface area contributed by atoms with Crippen molar-refractivity contribution in [1.82, 2.24) is 9.97 Å². The third-order valence-corrected chi connectivity index (χ3v) is 5.33. The molecule has 4 nitrogen and oxygen atoms in total. The van der Waals surface area contributed by atoms with Gasteiger partial charge in [0.05, 0.1) is 22.5 Å². The number of rotatable bonds is 1. The van der Waals surface area contributed by atoms with Gasteiger partial charge >= 0.3 is 0 Å². The Balaban J connectivity index is 2.07. The first kappa shape index (κ1) is 11.7. The number of imidazole rings is 1. The zero-order chi connectivity index (χ0) is 12.9. The molecule has 0 bridgehead atoms. The number of H-pyrrole nitrogens is 1. The molecule has 18 heavy (non-hydrogen) atoms. The first-order valence-electron chi connectivity index (χ1n) is 6.12. The second-order valence-corrected chi connectivity index (χ2v) is 7.43. The quantitative estimate of drug-likeness (QED) is 0.857. The van der Waals surface area contributed by atoms with E-state index in [0.717, 1.165) is 22.4 Å². The van der Waals surface area contributed by atoms with E-state index in [0.29, 0.717) is 6.42 Å². The highest BCUT2D eigenvalue weighted by atomic mass is 32.2. The average Bonchev–Trinajstić information content (AvgIpc) is 2.81. The van der Waals surface area contributed by atoms with Gasteiger partial charge in [-0.3, -0.25) is 0 Å². The standard InChI is InChI=1S/C13H16N2O2S/c1-8-5-9(2)12-11(6-8)14-13(15-12)10-3-4-18(16,17)7-10/h5-6,10H,3-4,7H2,1-2H3,(H,14,15). The van der Waals surface area contributed by atoms with Crippen molar-refractivity contribution >= 4 is 20.9 Å². The number of aryl methyl sites for hydroxylation is 2. The van der Waals surface area contributed by atoms with Crippen LogP contribution < -0.4 is 0 Å². The molecule has 1 saturated heterocycles. The summed E-state index contributed by atoms with van der Waals surface area (Å²) in [4.78, 5) is 7.86. The second kappa shape index (κ2) is 3.82. The van der Waals surface area contributed by atoms with E-state index < -0.39 is 9.84 Å². The van der Waals surface area contributed by atoms with Crippen LogP contribution >= 0.6 is 0 Å². The van der Waals surface area contributed by atoms with Crippen LogP contribution in [0.2, 0.25) is 0 Å². The van der Waals surface area contributed by atoms with Gasteiger partial charge in [0.15, 0.2) is 9.84 Å². The molecular formula is C13H16N2O2S. The van der Waals surface area contributed by atoms with Crippen molar-refractivity contribution in [1.29, 1.82) is 0 Å². The number of aromatic nitrogens is 2. The Morgan fingerprint density at radius 3 is 2.78 bits per heavy atom. The highest BCUT2D eigenvalue weighted by Gasteiger charge is 2.31. The van der Waals surface area contributed by atoms with Crippen molar-refractivity contribution in [2.75, 3.05) is 11.5 Å². The summed E-state index contributed by atoms with van der Waals surface area (Å²) in [6.45, 7) is 4.08. The van der Waals surface area contributed by atoms with E-state index in [9.17, 15) is 8.42 Å². The molecule has 1 unspecified atom stereocenters. The SMILES string of the molecule is Cc1cc(C)c2nc(C3CCS(=O)(=O)C3)[nH]c2c1. The van der Waals surface area contributed by atoms with Crippen LogP contribution in [0, 0.1) is 13.8 Å². The summed E-state index contributed by atoms with van der Waals surface area (Å²) in [7, 11) is -2.86. The number of aromatic amines is 1. The number of nitrogens with zero attached hydrogens (tertiary/aromatic N) is 1. The van der Waals surface area contributed by atoms with Crippen LogP contribution in [-0.2, 0) is 9.84 Å². The smallest absolute Gasteiger partial charge is 0.151 e. The number of hydrogen-bond acceptors (Lipinski definition) is 3. The van der Waals surface area contributed by atoms with Gasteiger partial charge in [-0.1, -0.05) is 6.07 Å². The Morgan fingerprint density at radius 2 is 2.11 bits per heavy atom. The molecule has 0 spiro atoms. The lowest BCUT2D eigenvalue weighted by atomic mass is 10.1. The van der Waals surface area contributed by atoms with Gasteiger partial charge in [-0.2, -0.15) is 0 Å². The van der Waals surface area contributed by atoms with E-state index in [4.69, 9.17) is 0 Å². The van der Waals surface area contributed by atoms with Crippen LogP contribution in [0.4, 0.5) is 0 Å². The average molecular weight is 264 g/mol. The van der Waals surface area contributed by atoms with Crippen molar-refractivity contribution in [3.05, 3.63) is 29.1 Å². The van der Waals surface area contributed by atoms with Gasteiger partial charge in [0.2, 0.25) is 0 Å². The maximum atomic E-state index is 11.5. The molecule has 2 heterocycles. The number of fused-ring (bicyclic) bond motifs is 1. The van der Waals surface area contributed by atoms with Crippen LogP contribution in [0.5, 0.6) is 0 Å². The van der Waals surface area contributed by atoms with Gasteiger partial charge in [-0.25, -0.2) is 13.4 Å². The molecule has 1 aromatic carbocycles. The molecule has 0 saturated carbocycles. The monoisotopic (exact) mass is 264 g/mol. The summed E-state index contributed by atoms with van der Waals surface area (Å²) >= 11 is 0. The first-order chi connectivity index (χ1) is 8.44. The van der Waals surface area contributed by atoms with E-state index >= 15 is 0 Å². The van der Waals surface area contributed by atoms with Gasteiger partial charge < -0.3 is 4.98 Å². The predicted molar refractivity (Wildman–Crippen MR) is 71.6 cm³/mol. The molecular weight excluding hydrogens is 248 g/mol. The molecule has 0 amide bonds. The molecule has 1 atom stereocenters. The Bertz CT molecular complexity index is 716. The van der Waals surface area contributed by atoms with Crippen molar-refractivity contribution in [3.8, 4) is 0 Å². The molecule has 0 aliphatic carbocycles. The van der Waals surface area contributed by atoms with Crippen LogP contribution in [0.15, 0.2) is 12.1 Å². The van der Waals surface area contributed by atoms with E-state index in [2.05, 4.69) is 22.1 Å². The minimum absolute atomic E-state index is 0.0297. The maximum absolute atomic E-state index is 11.5. The van der Waals surface area contributed by atoms with E-state index in [1.807, 2.05) is 13.8 Å². The molecule has 2 aromatic rings. The minimum atomic E-state index is -2.86. The Hall–Kier alpha value is -1.36. The molecule has 96 valence electrons. The molecule has 1 aliphatic heterocycles. The molecule has 0 radical (unpaired) electrons. The lowest BCUT2D eigenvalue weighted by Gasteiger charge is -2.01. The third-order valence-electron chi connectivity index (χ3n) is 3.56. The molecule has 3 rings (SSSR count). The lowest BCUT2D eigenvalue weighted by molar-refractivity contribution is 0.601. The summed E-state index contributed by atoms with van der Waals surface area (Å²) in [5, 5.41) is 0. The van der Waals surface area contributed by atoms with Crippen molar-refractivity contribution in [2.24, 2.45) is 0 Å². The fraction of sp³-hybridized carbons (Fsp3) is 0.462. The van der Waals surface area contributed by atoms with E-state index in [-0.39, 0.29) is 17.4 Å². The lowest BCUT2D eigenvalue weighted by Crippen LogP contribution is -2.04. The number of sulfone groups is 1. The predicted octanol–water partition coefficient (Wildman–Crippen LogP) is 2.08. The van der Waals surface area contributed by atoms with Crippen molar-refractivity contribution in [2.45, 2.75) is 26.2 Å². The van der Waals surface area contributed by atoms with Crippen LogP contribution in [-0.4, -0.2) is 29.9 Å². The van der Waals surface area contributed by atoms with E-state index in [1.54, 1.807) is 0 Å².